The summed E-state index contributed by atoms with van der Waals surface area (Å²) in [6.07, 6.45) is 0. The average Bonchev–Trinajstić information content (AvgIpc) is 2.38. The summed E-state index contributed by atoms with van der Waals surface area (Å²) >= 11 is 5.53. The molecule has 0 aliphatic heterocycles. The smallest absolute Gasteiger partial charge is 0.224 e. The maximum absolute atomic E-state index is 13.4. The molecule has 9 heteroatoms. The third-order valence-electron chi connectivity index (χ3n) is 2.29. The van der Waals surface area contributed by atoms with Crippen molar-refractivity contribution in [1.29, 1.82) is 0 Å². The minimum Gasteiger partial charge on any atom is -0.335 e. The van der Waals surface area contributed by atoms with E-state index in [1.54, 1.807) is 0 Å². The van der Waals surface area contributed by atoms with Gasteiger partial charge in [-0.05, 0) is 18.5 Å². The molecule has 0 amide bonds. The molecule has 106 valence electrons. The number of hydrogen-bond donors (Lipinski definition) is 1. The van der Waals surface area contributed by atoms with Gasteiger partial charge in [0.15, 0.2) is 23.3 Å². The number of nitrogens with one attached hydrogen (secondary N) is 1. The summed E-state index contributed by atoms with van der Waals surface area (Å²) < 4.78 is 65.7. The standard InChI is InChI=1S/C11H5ClF5N3/c1-3-2-4(20-11(12)18-3)19-10-8(16)6(14)5(13)7(15)9(10)17/h2H,1H3,(H,18,19,20). The Bertz CT molecular complexity index is 643. The number of nitrogens with zero attached hydrogens (tertiary/aromatic N) is 2. The second-order valence-electron chi connectivity index (χ2n) is 3.73. The van der Waals surface area contributed by atoms with Gasteiger partial charge in [-0.25, -0.2) is 31.9 Å². The van der Waals surface area contributed by atoms with Crippen LogP contribution in [0.4, 0.5) is 33.5 Å². The van der Waals surface area contributed by atoms with Gasteiger partial charge in [0, 0.05) is 11.8 Å². The van der Waals surface area contributed by atoms with Gasteiger partial charge < -0.3 is 5.32 Å². The van der Waals surface area contributed by atoms with Crippen LogP contribution in [0.5, 0.6) is 0 Å². The molecule has 20 heavy (non-hydrogen) atoms. The SMILES string of the molecule is Cc1cc(Nc2c(F)c(F)c(F)c(F)c2F)nc(Cl)n1. The molecule has 0 saturated heterocycles. The largest absolute Gasteiger partial charge is 0.335 e. The van der Waals surface area contributed by atoms with E-state index >= 15 is 0 Å². The van der Waals surface area contributed by atoms with E-state index in [0.717, 1.165) is 0 Å². The predicted molar refractivity (Wildman–Crippen MR) is 61.3 cm³/mol. The molecule has 0 atom stereocenters. The topological polar surface area (TPSA) is 37.8 Å². The van der Waals surface area contributed by atoms with Gasteiger partial charge in [-0.2, -0.15) is 0 Å². The first kappa shape index (κ1) is 14.4. The zero-order chi connectivity index (χ0) is 15.0. The van der Waals surface area contributed by atoms with Crippen LogP contribution in [0.25, 0.3) is 0 Å². The number of halogens is 6. The van der Waals surface area contributed by atoms with Crippen LogP contribution in [0.2, 0.25) is 5.28 Å². The summed E-state index contributed by atoms with van der Waals surface area (Å²) in [6, 6.07) is 1.23. The summed E-state index contributed by atoms with van der Waals surface area (Å²) in [5.74, 6) is -10.5. The van der Waals surface area contributed by atoms with E-state index in [1.807, 2.05) is 5.32 Å². The van der Waals surface area contributed by atoms with Crippen molar-refractivity contribution in [2.45, 2.75) is 6.92 Å². The quantitative estimate of drug-likeness (QED) is 0.396. The fourth-order valence-electron chi connectivity index (χ4n) is 1.44. The number of rotatable bonds is 2. The van der Waals surface area contributed by atoms with E-state index in [9.17, 15) is 22.0 Å². The lowest BCUT2D eigenvalue weighted by Crippen LogP contribution is -2.08. The lowest BCUT2D eigenvalue weighted by atomic mass is 10.2. The molecule has 0 saturated carbocycles. The van der Waals surface area contributed by atoms with Gasteiger partial charge in [-0.15, -0.1) is 0 Å². The highest BCUT2D eigenvalue weighted by atomic mass is 35.5. The van der Waals surface area contributed by atoms with Gasteiger partial charge in [0.25, 0.3) is 0 Å². The molecular formula is C11H5ClF5N3. The Balaban J connectivity index is 2.54. The summed E-state index contributed by atoms with van der Waals surface area (Å²) in [6.45, 7) is 1.51. The molecule has 1 heterocycles. The highest BCUT2D eigenvalue weighted by molar-refractivity contribution is 6.28. The van der Waals surface area contributed by atoms with Crippen LogP contribution in [-0.4, -0.2) is 9.97 Å². The Morgan fingerprint density at radius 1 is 0.900 bits per heavy atom. The third kappa shape index (κ3) is 2.51. The number of hydrogen-bond acceptors (Lipinski definition) is 3. The third-order valence-corrected chi connectivity index (χ3v) is 2.46. The molecule has 0 fully saturated rings. The van der Waals surface area contributed by atoms with Gasteiger partial charge >= 0.3 is 0 Å². The van der Waals surface area contributed by atoms with Crippen molar-refractivity contribution < 1.29 is 22.0 Å². The van der Waals surface area contributed by atoms with Crippen molar-refractivity contribution in [3.8, 4) is 0 Å². The number of aryl methyl sites for hydroxylation is 1. The van der Waals surface area contributed by atoms with Crippen LogP contribution < -0.4 is 5.32 Å². The first-order chi connectivity index (χ1) is 9.31. The molecule has 3 nitrogen and oxygen atoms in total. The summed E-state index contributed by atoms with van der Waals surface area (Å²) in [5.41, 5.74) is -0.869. The Morgan fingerprint density at radius 3 is 1.90 bits per heavy atom. The Hall–Kier alpha value is -1.96. The molecule has 1 N–H and O–H groups in total. The van der Waals surface area contributed by atoms with Crippen LogP contribution in [0.3, 0.4) is 0 Å². The van der Waals surface area contributed by atoms with Gasteiger partial charge in [0.2, 0.25) is 11.1 Å². The fraction of sp³-hybridized carbons (Fsp3) is 0.0909. The first-order valence-corrected chi connectivity index (χ1v) is 5.48. The van der Waals surface area contributed by atoms with Crippen molar-refractivity contribution in [2.75, 3.05) is 5.32 Å². The average molecular weight is 310 g/mol. The van der Waals surface area contributed by atoms with Gasteiger partial charge in [0.1, 0.15) is 11.5 Å². The highest BCUT2D eigenvalue weighted by Gasteiger charge is 2.26. The molecular weight excluding hydrogens is 305 g/mol. The Kier molecular flexibility index (Phi) is 3.76. The summed E-state index contributed by atoms with van der Waals surface area (Å²) in [4.78, 5) is 7.25. The zero-order valence-electron chi connectivity index (χ0n) is 9.74. The van der Waals surface area contributed by atoms with Crippen LogP contribution in [0.1, 0.15) is 5.69 Å². The van der Waals surface area contributed by atoms with E-state index in [-0.39, 0.29) is 11.1 Å². The minimum absolute atomic E-state index is 0.203. The molecule has 1 aromatic carbocycles. The fourth-order valence-corrected chi connectivity index (χ4v) is 1.66. The van der Waals surface area contributed by atoms with Crippen molar-refractivity contribution in [2.24, 2.45) is 0 Å². The second-order valence-corrected chi connectivity index (χ2v) is 4.07. The molecule has 0 unspecified atom stereocenters. The van der Waals surface area contributed by atoms with E-state index in [4.69, 9.17) is 11.6 Å². The van der Waals surface area contributed by atoms with Crippen molar-refractivity contribution in [3.63, 3.8) is 0 Å². The lowest BCUT2D eigenvalue weighted by molar-refractivity contribution is 0.382. The first-order valence-electron chi connectivity index (χ1n) is 5.11. The van der Waals surface area contributed by atoms with Crippen LogP contribution in [0.15, 0.2) is 6.07 Å². The van der Waals surface area contributed by atoms with E-state index in [0.29, 0.717) is 5.69 Å². The number of aromatic nitrogens is 2. The summed E-state index contributed by atoms with van der Waals surface area (Å²) in [5, 5.41) is 1.76. The van der Waals surface area contributed by atoms with Gasteiger partial charge in [0.05, 0.1) is 0 Å². The molecule has 1 aromatic heterocycles. The van der Waals surface area contributed by atoms with Gasteiger partial charge in [-0.1, -0.05) is 0 Å². The molecule has 2 rings (SSSR count). The number of anilines is 2. The minimum atomic E-state index is -2.23. The van der Waals surface area contributed by atoms with Crippen LogP contribution in [-0.2, 0) is 0 Å². The Morgan fingerprint density at radius 2 is 1.40 bits per heavy atom. The second kappa shape index (κ2) is 5.20. The van der Waals surface area contributed by atoms with E-state index in [1.165, 1.54) is 13.0 Å². The molecule has 0 aliphatic carbocycles. The van der Waals surface area contributed by atoms with Crippen molar-refractivity contribution in [1.82, 2.24) is 9.97 Å². The molecule has 0 aliphatic rings. The number of benzene rings is 1. The molecule has 0 bridgehead atoms. The predicted octanol–water partition coefficient (Wildman–Crippen LogP) is 3.88. The normalized spacial score (nSPS) is 10.8. The lowest BCUT2D eigenvalue weighted by Gasteiger charge is -2.10. The molecule has 0 radical (unpaired) electrons. The maximum Gasteiger partial charge on any atom is 0.224 e. The Labute approximate surface area is 114 Å². The maximum atomic E-state index is 13.4. The summed E-state index contributed by atoms with van der Waals surface area (Å²) in [7, 11) is 0. The van der Waals surface area contributed by atoms with E-state index < -0.39 is 34.8 Å². The van der Waals surface area contributed by atoms with Crippen molar-refractivity contribution >= 4 is 23.1 Å². The highest BCUT2D eigenvalue weighted by Crippen LogP contribution is 2.29. The van der Waals surface area contributed by atoms with Crippen LogP contribution >= 0.6 is 11.6 Å². The molecule has 2 aromatic rings. The van der Waals surface area contributed by atoms with Gasteiger partial charge in [-0.3, -0.25) is 0 Å². The van der Waals surface area contributed by atoms with Crippen molar-refractivity contribution in [3.05, 3.63) is 46.1 Å². The van der Waals surface area contributed by atoms with E-state index in [2.05, 4.69) is 9.97 Å². The molecule has 0 spiro atoms. The van der Waals surface area contributed by atoms with Crippen LogP contribution in [0, 0.1) is 36.0 Å². The monoisotopic (exact) mass is 309 g/mol. The zero-order valence-corrected chi connectivity index (χ0v) is 10.5.